The predicted octanol–water partition coefficient (Wildman–Crippen LogP) is 4.07. The topological polar surface area (TPSA) is 47.4 Å². The van der Waals surface area contributed by atoms with E-state index in [1.807, 2.05) is 12.3 Å². The number of esters is 1. The van der Waals surface area contributed by atoms with Crippen LogP contribution < -0.4 is 4.90 Å². The normalized spacial score (nSPS) is 21.9. The van der Waals surface area contributed by atoms with E-state index in [4.69, 9.17) is 9.72 Å². The van der Waals surface area contributed by atoms with Crippen molar-refractivity contribution in [1.82, 2.24) is 9.55 Å². The smallest absolute Gasteiger partial charge is 0.340 e. The van der Waals surface area contributed by atoms with Crippen molar-refractivity contribution in [3.05, 3.63) is 46.1 Å². The maximum atomic E-state index is 12.3. The molecule has 6 rings (SSSR count). The molecule has 1 saturated heterocycles. The summed E-state index contributed by atoms with van der Waals surface area (Å²) in [6, 6.07) is 8.43. The van der Waals surface area contributed by atoms with Crippen LogP contribution in [-0.4, -0.2) is 35.7 Å². The second-order valence-electron chi connectivity index (χ2n) is 7.85. The first-order valence-corrected chi connectivity index (χ1v) is 10.1. The Hall–Kier alpha value is -2.34. The van der Waals surface area contributed by atoms with Gasteiger partial charge in [0.15, 0.2) is 0 Å². The van der Waals surface area contributed by atoms with E-state index in [1.165, 1.54) is 19.1 Å². The molecule has 0 spiro atoms. The van der Waals surface area contributed by atoms with Crippen molar-refractivity contribution < 1.29 is 9.53 Å². The fraction of sp³-hybridized carbons (Fsp3) is 0.333. The third-order valence-corrected chi connectivity index (χ3v) is 6.66. The van der Waals surface area contributed by atoms with Crippen LogP contribution in [0.15, 0.2) is 34.9 Å². The van der Waals surface area contributed by atoms with Gasteiger partial charge in [0, 0.05) is 41.3 Å². The molecular formula is C21H18BrN3O2. The molecule has 2 unspecified atom stereocenters. The van der Waals surface area contributed by atoms with E-state index in [-0.39, 0.29) is 5.97 Å². The quantitative estimate of drug-likeness (QED) is 0.456. The van der Waals surface area contributed by atoms with Gasteiger partial charge in [-0.15, -0.1) is 0 Å². The highest BCUT2D eigenvalue weighted by Gasteiger charge is 2.45. The fourth-order valence-electron chi connectivity index (χ4n) is 4.77. The summed E-state index contributed by atoms with van der Waals surface area (Å²) in [5.41, 5.74) is 4.94. The number of methoxy groups -OCH3 is 1. The lowest BCUT2D eigenvalue weighted by molar-refractivity contribution is 0.0602. The summed E-state index contributed by atoms with van der Waals surface area (Å²) in [6.07, 6.45) is 3.29. The molecule has 0 N–H and O–H groups in total. The number of carbonyl (C=O) groups is 1. The van der Waals surface area contributed by atoms with Gasteiger partial charge in [-0.1, -0.05) is 22.0 Å². The molecule has 27 heavy (non-hydrogen) atoms. The van der Waals surface area contributed by atoms with Crippen LogP contribution in [0.4, 0.5) is 5.82 Å². The average Bonchev–Trinajstić information content (AvgIpc) is 3.11. The summed E-state index contributed by atoms with van der Waals surface area (Å²) in [6.45, 7) is 2.98. The number of hydrogen-bond acceptors (Lipinski definition) is 4. The Morgan fingerprint density at radius 2 is 2.07 bits per heavy atom. The number of pyridine rings is 1. The van der Waals surface area contributed by atoms with Crippen LogP contribution in [0.2, 0.25) is 0 Å². The summed E-state index contributed by atoms with van der Waals surface area (Å²) in [5, 5.41) is 0.909. The number of piperidine rings is 1. The Bertz CT molecular complexity index is 1130. The van der Waals surface area contributed by atoms with E-state index >= 15 is 0 Å². The van der Waals surface area contributed by atoms with E-state index < -0.39 is 0 Å². The molecule has 3 aliphatic rings. The van der Waals surface area contributed by atoms with Crippen LogP contribution in [0, 0.1) is 11.8 Å². The molecule has 4 heterocycles. The van der Waals surface area contributed by atoms with Crippen molar-refractivity contribution in [1.29, 1.82) is 0 Å². The molecule has 0 bridgehead atoms. The number of rotatable bonds is 2. The number of aromatic nitrogens is 2. The van der Waals surface area contributed by atoms with Gasteiger partial charge in [0.05, 0.1) is 23.9 Å². The van der Waals surface area contributed by atoms with E-state index in [9.17, 15) is 4.79 Å². The van der Waals surface area contributed by atoms with Crippen molar-refractivity contribution in [3.8, 4) is 11.3 Å². The number of hydrogen-bond donors (Lipinski definition) is 0. The lowest BCUT2D eigenvalue weighted by Gasteiger charge is -2.24. The molecule has 1 saturated carbocycles. The summed E-state index contributed by atoms with van der Waals surface area (Å²) >= 11 is 3.61. The molecule has 2 fully saturated rings. The second kappa shape index (κ2) is 5.35. The lowest BCUT2D eigenvalue weighted by atomic mass is 9.99. The molecular weight excluding hydrogens is 406 g/mol. The van der Waals surface area contributed by atoms with Crippen LogP contribution in [0.5, 0.6) is 0 Å². The number of halogens is 1. The maximum absolute atomic E-state index is 12.3. The van der Waals surface area contributed by atoms with E-state index in [1.54, 1.807) is 0 Å². The third kappa shape index (κ3) is 2.22. The Balaban J connectivity index is 1.54. The molecule has 3 aromatic rings. The van der Waals surface area contributed by atoms with Crippen molar-refractivity contribution in [3.63, 3.8) is 0 Å². The van der Waals surface area contributed by atoms with Gasteiger partial charge in [0.1, 0.15) is 5.82 Å². The molecule has 0 amide bonds. The molecule has 1 aliphatic carbocycles. The van der Waals surface area contributed by atoms with Crippen molar-refractivity contribution in [2.75, 3.05) is 25.1 Å². The van der Waals surface area contributed by atoms with Gasteiger partial charge in [0.25, 0.3) is 0 Å². The zero-order chi connectivity index (χ0) is 18.3. The minimum absolute atomic E-state index is 0.307. The average molecular weight is 424 g/mol. The van der Waals surface area contributed by atoms with Gasteiger partial charge in [-0.25, -0.2) is 9.78 Å². The van der Waals surface area contributed by atoms with E-state index in [0.29, 0.717) is 5.56 Å². The second-order valence-corrected chi connectivity index (χ2v) is 8.77. The Morgan fingerprint density at radius 1 is 1.26 bits per heavy atom. The molecule has 0 radical (unpaired) electrons. The molecule has 5 nitrogen and oxygen atoms in total. The number of fused-ring (bicyclic) bond motifs is 3. The third-order valence-electron chi connectivity index (χ3n) is 6.21. The minimum Gasteiger partial charge on any atom is -0.465 e. The number of benzene rings is 1. The first-order valence-electron chi connectivity index (χ1n) is 9.28. The Morgan fingerprint density at radius 3 is 2.85 bits per heavy atom. The molecule has 1 aromatic carbocycles. The van der Waals surface area contributed by atoms with Gasteiger partial charge >= 0.3 is 5.97 Å². The summed E-state index contributed by atoms with van der Waals surface area (Å²) in [4.78, 5) is 19.7. The number of carbonyl (C=O) groups excluding carboxylic acids is 1. The van der Waals surface area contributed by atoms with Gasteiger partial charge in [-0.2, -0.15) is 0 Å². The Kier molecular flexibility index (Phi) is 3.11. The van der Waals surface area contributed by atoms with Crippen molar-refractivity contribution in [2.24, 2.45) is 11.8 Å². The van der Waals surface area contributed by atoms with Crippen LogP contribution in [0.3, 0.4) is 0 Å². The summed E-state index contributed by atoms with van der Waals surface area (Å²) in [7, 11) is 1.42. The van der Waals surface area contributed by atoms with Crippen LogP contribution in [0.1, 0.15) is 22.3 Å². The van der Waals surface area contributed by atoms with E-state index in [2.05, 4.69) is 43.6 Å². The zero-order valence-corrected chi connectivity index (χ0v) is 16.5. The SMILES string of the molecule is COC(=O)c1cn2c3c(cc(Br)cc13)-c1nc(N3CC4CC4C3)ccc1C2. The highest BCUT2D eigenvalue weighted by Crippen LogP contribution is 2.47. The van der Waals surface area contributed by atoms with Gasteiger partial charge in [0.2, 0.25) is 0 Å². The monoisotopic (exact) mass is 423 g/mol. The predicted molar refractivity (Wildman–Crippen MR) is 107 cm³/mol. The number of ether oxygens (including phenoxy) is 1. The lowest BCUT2D eigenvalue weighted by Crippen LogP contribution is -2.23. The number of anilines is 1. The summed E-state index contributed by atoms with van der Waals surface area (Å²) in [5.74, 6) is 2.52. The highest BCUT2D eigenvalue weighted by molar-refractivity contribution is 9.10. The van der Waals surface area contributed by atoms with Crippen molar-refractivity contribution in [2.45, 2.75) is 13.0 Å². The fourth-order valence-corrected chi connectivity index (χ4v) is 5.22. The maximum Gasteiger partial charge on any atom is 0.340 e. The van der Waals surface area contributed by atoms with Gasteiger partial charge < -0.3 is 14.2 Å². The first kappa shape index (κ1) is 15.7. The van der Waals surface area contributed by atoms with Crippen LogP contribution in [-0.2, 0) is 11.3 Å². The minimum atomic E-state index is -0.307. The van der Waals surface area contributed by atoms with Gasteiger partial charge in [-0.05, 0) is 42.0 Å². The first-order chi connectivity index (χ1) is 13.1. The van der Waals surface area contributed by atoms with E-state index in [0.717, 1.165) is 63.9 Å². The largest absolute Gasteiger partial charge is 0.465 e. The summed E-state index contributed by atoms with van der Waals surface area (Å²) < 4.78 is 8.07. The standard InChI is InChI=1S/C21H18BrN3O2/c1-27-21(26)17-10-25-7-11-2-3-18(24-8-12-4-13(12)9-24)23-19(11)16-6-14(22)5-15(17)20(16)25/h2-3,5-6,10,12-13H,4,7-9H2,1H3. The van der Waals surface area contributed by atoms with Crippen molar-refractivity contribution >= 4 is 38.6 Å². The molecule has 6 heteroatoms. The van der Waals surface area contributed by atoms with Gasteiger partial charge in [-0.3, -0.25) is 0 Å². The Labute approximate surface area is 165 Å². The van der Waals surface area contributed by atoms with Crippen LogP contribution >= 0.6 is 15.9 Å². The molecule has 2 atom stereocenters. The van der Waals surface area contributed by atoms with Crippen LogP contribution in [0.25, 0.3) is 22.2 Å². The molecule has 136 valence electrons. The zero-order valence-electron chi connectivity index (χ0n) is 14.9. The molecule has 2 aromatic heterocycles. The number of nitrogens with zero attached hydrogens (tertiary/aromatic N) is 3. The molecule has 2 aliphatic heterocycles. The highest BCUT2D eigenvalue weighted by atomic mass is 79.9.